The number of carbonyl (C=O) groups excluding carboxylic acids is 4. The second-order valence-electron chi connectivity index (χ2n) is 23.6. The average Bonchev–Trinajstić information content (AvgIpc) is 4.09. The van der Waals surface area contributed by atoms with Crippen molar-refractivity contribution in [2.75, 3.05) is 72.0 Å². The Morgan fingerprint density at radius 2 is 1.77 bits per heavy atom. The van der Waals surface area contributed by atoms with E-state index in [-0.39, 0.29) is 54.5 Å². The lowest BCUT2D eigenvalue weighted by molar-refractivity contribution is -0.165. The monoisotopic (exact) mass is 1050 g/mol. The minimum Gasteiger partial charge on any atom is -0.508 e. The number of nitrogens with zero attached hydrogens (tertiary/aromatic N) is 6. The van der Waals surface area contributed by atoms with Crippen molar-refractivity contribution >= 4 is 40.3 Å². The summed E-state index contributed by atoms with van der Waals surface area (Å²) >= 11 is 0. The van der Waals surface area contributed by atoms with Crippen molar-refractivity contribution in [3.63, 3.8) is 0 Å². The smallest absolute Gasteiger partial charge is 0.325 e. The molecule has 3 aromatic carbocycles. The summed E-state index contributed by atoms with van der Waals surface area (Å²) in [7, 11) is 5.55. The van der Waals surface area contributed by atoms with Crippen LogP contribution < -0.4 is 15.6 Å². The fourth-order valence-corrected chi connectivity index (χ4v) is 13.1. The van der Waals surface area contributed by atoms with E-state index in [1.54, 1.807) is 31.2 Å². The number of likely N-dealkylation sites (N-methyl/N-ethyl adjacent to an activating group) is 2. The van der Waals surface area contributed by atoms with Crippen LogP contribution in [-0.2, 0) is 52.8 Å². The van der Waals surface area contributed by atoms with Crippen molar-refractivity contribution in [3.05, 3.63) is 101 Å². The van der Waals surface area contributed by atoms with Gasteiger partial charge >= 0.3 is 5.97 Å². The molecule has 16 nitrogen and oxygen atoms in total. The van der Waals surface area contributed by atoms with Crippen LogP contribution in [0, 0.1) is 23.2 Å². The highest BCUT2D eigenvalue weighted by Gasteiger charge is 2.54. The number of methoxy groups -OCH3 is 1. The summed E-state index contributed by atoms with van der Waals surface area (Å²) in [6.07, 6.45) is 5.65. The van der Waals surface area contributed by atoms with Gasteiger partial charge in [-0.25, -0.2) is 5.43 Å². The zero-order valence-electron chi connectivity index (χ0n) is 45.8. The van der Waals surface area contributed by atoms with E-state index in [9.17, 15) is 14.7 Å². The van der Waals surface area contributed by atoms with Crippen molar-refractivity contribution in [2.24, 2.45) is 23.2 Å². The van der Waals surface area contributed by atoms with Crippen LogP contribution in [0.4, 0.5) is 5.69 Å². The second-order valence-corrected chi connectivity index (χ2v) is 23.6. The van der Waals surface area contributed by atoms with E-state index in [0.29, 0.717) is 31.7 Å². The van der Waals surface area contributed by atoms with E-state index in [4.69, 9.17) is 19.2 Å². The van der Waals surface area contributed by atoms with E-state index < -0.39 is 47.4 Å². The molecule has 2 aromatic heterocycles. The maximum absolute atomic E-state index is 15.2. The van der Waals surface area contributed by atoms with Gasteiger partial charge in [-0.3, -0.25) is 29.2 Å². The number of aromatic hydroxyl groups is 1. The molecule has 2 aliphatic carbocycles. The van der Waals surface area contributed by atoms with Crippen LogP contribution in [0.15, 0.2) is 79.0 Å². The number of rotatable bonds is 11. The largest absolute Gasteiger partial charge is 0.508 e. The third-order valence-corrected chi connectivity index (χ3v) is 17.7. The summed E-state index contributed by atoms with van der Waals surface area (Å²) in [4.78, 5) is 70.7. The van der Waals surface area contributed by atoms with Gasteiger partial charge in [0.25, 0.3) is 11.8 Å². The Morgan fingerprint density at radius 3 is 2.48 bits per heavy atom. The minimum absolute atomic E-state index is 0.00407. The number of nitrogens with one attached hydrogen (secondary N) is 2. The van der Waals surface area contributed by atoms with E-state index >= 15 is 9.59 Å². The second kappa shape index (κ2) is 21.5. The van der Waals surface area contributed by atoms with Crippen molar-refractivity contribution in [3.8, 4) is 28.1 Å². The van der Waals surface area contributed by atoms with Crippen molar-refractivity contribution in [1.29, 1.82) is 0 Å². The van der Waals surface area contributed by atoms with E-state index in [0.717, 1.165) is 114 Å². The van der Waals surface area contributed by atoms with Gasteiger partial charge in [0, 0.05) is 87.6 Å². The summed E-state index contributed by atoms with van der Waals surface area (Å²) in [6.45, 7) is 13.7. The molecule has 1 unspecified atom stereocenters. The molecule has 11 rings (SSSR count). The van der Waals surface area contributed by atoms with Gasteiger partial charge in [0.2, 0.25) is 5.91 Å². The molecule has 3 saturated heterocycles. The first-order valence-electron chi connectivity index (χ1n) is 28.0. The number of amides is 3. The van der Waals surface area contributed by atoms with Crippen molar-refractivity contribution in [1.82, 2.24) is 35.1 Å². The number of hydrogen-bond donors (Lipinski definition) is 3. The molecule has 5 fully saturated rings. The molecule has 8 atom stereocenters. The third kappa shape index (κ3) is 10.5. The lowest BCUT2D eigenvalue weighted by atomic mass is 9.84. The molecule has 408 valence electrons. The van der Waals surface area contributed by atoms with Gasteiger partial charge in [-0.1, -0.05) is 69.2 Å². The number of aromatic nitrogens is 2. The molecule has 6 bridgehead atoms. The van der Waals surface area contributed by atoms with Crippen LogP contribution >= 0.6 is 0 Å². The fraction of sp³-hybridized carbons (Fsp3) is 0.525. The lowest BCUT2D eigenvalue weighted by Crippen LogP contribution is -2.63. The Morgan fingerprint density at radius 1 is 1.00 bits per heavy atom. The Bertz CT molecular complexity index is 3040. The van der Waals surface area contributed by atoms with Crippen LogP contribution in [0.25, 0.3) is 33.3 Å². The molecule has 0 radical (unpaired) electrons. The topological polar surface area (TPSA) is 171 Å². The zero-order chi connectivity index (χ0) is 53.9. The highest BCUT2D eigenvalue weighted by Crippen LogP contribution is 2.47. The van der Waals surface area contributed by atoms with Gasteiger partial charge in [-0.15, -0.1) is 0 Å². The van der Waals surface area contributed by atoms with E-state index in [1.807, 2.05) is 49.5 Å². The van der Waals surface area contributed by atoms with Crippen LogP contribution in [0.3, 0.4) is 0 Å². The van der Waals surface area contributed by atoms with Crippen LogP contribution in [0.2, 0.25) is 0 Å². The molecule has 4 aliphatic heterocycles. The minimum atomic E-state index is -1.13. The fourth-order valence-electron chi connectivity index (χ4n) is 13.1. The summed E-state index contributed by atoms with van der Waals surface area (Å²) < 4.78 is 20.7. The molecule has 5 aromatic rings. The summed E-state index contributed by atoms with van der Waals surface area (Å²) in [5, 5.41) is 17.3. The van der Waals surface area contributed by atoms with E-state index in [2.05, 4.69) is 77.2 Å². The zero-order valence-corrected chi connectivity index (χ0v) is 45.8. The average molecular weight is 1050 g/mol. The third-order valence-electron chi connectivity index (χ3n) is 17.7. The SMILES string of the molecule is CCn1c(-c2cc(N3CCN(C)CC3)cnc2[C@H](C)OC)c2c3cc(ccc31)-c1cc(O)cc(c1)C[C@H](NC(=O)[C@H](C1CCCC1)N(C)C(=O)[C@@H]1OC[C@@H]1c1ccccc1)C(=O)N1CC3C[C@@H]3[C@H](N1)C(=O)OCC(C)(C)C2. The molecule has 3 amide bonds. The Kier molecular flexibility index (Phi) is 14.7. The number of ether oxygens (including phenoxy) is 3. The predicted molar refractivity (Wildman–Crippen MR) is 295 cm³/mol. The van der Waals surface area contributed by atoms with Gasteiger partial charge < -0.3 is 43.9 Å². The van der Waals surface area contributed by atoms with Crippen molar-refractivity contribution in [2.45, 2.75) is 115 Å². The number of fused-ring (bicyclic) bond motifs is 8. The molecular formula is C61H76N8O8. The van der Waals surface area contributed by atoms with Crippen LogP contribution in [0.1, 0.15) is 94.2 Å². The number of esters is 1. The number of hydrazine groups is 1. The number of piperazine rings is 1. The quantitative estimate of drug-likeness (QED) is 0.113. The first kappa shape index (κ1) is 52.7. The van der Waals surface area contributed by atoms with Crippen molar-refractivity contribution < 1.29 is 38.5 Å². The first-order valence-corrected chi connectivity index (χ1v) is 28.0. The molecule has 6 heterocycles. The van der Waals surface area contributed by atoms with Gasteiger partial charge in [-0.2, -0.15) is 0 Å². The van der Waals surface area contributed by atoms with Gasteiger partial charge in [0.05, 0.1) is 42.6 Å². The standard InChI is InChI=1S/C61H76N8O8/c1-8-68-51-19-18-40-28-46(51)48(55(68)47-30-43(32-62-52(47)36(2)75-7)67-22-20-65(5)21-23-67)31-61(3,4)35-77-60(74)53-45-29-42(45)33-69(64-53)58(72)50(26-37-24-41(40)27-44(70)25-37)63-57(71)54(39-16-12-13-17-39)66(6)59(73)56-49(34-76-56)38-14-10-9-11-15-38/h9-11,14-15,18-19,24-25,27-28,30,32,36,39,42,45,49-50,53-54,56,64,70H,8,12-13,16-17,20-23,26,29,31,33-35H2,1-7H3,(H,63,71)/t36-,42?,45-,49+,50-,53-,54-,56+/m0/s1. The number of carbonyl (C=O) groups is 4. The highest BCUT2D eigenvalue weighted by molar-refractivity contribution is 5.97. The normalized spacial score (nSPS) is 25.5. The van der Waals surface area contributed by atoms with Crippen LogP contribution in [-0.4, -0.2) is 145 Å². The number of cyclic esters (lactones) is 1. The maximum atomic E-state index is 15.2. The Labute approximate surface area is 452 Å². The number of pyridine rings is 1. The maximum Gasteiger partial charge on any atom is 0.325 e. The number of benzene rings is 3. The molecule has 2 saturated carbocycles. The first-order chi connectivity index (χ1) is 37.1. The number of anilines is 1. The predicted octanol–water partition coefficient (Wildman–Crippen LogP) is 7.26. The molecular weight excluding hydrogens is 973 g/mol. The van der Waals surface area contributed by atoms with E-state index in [1.165, 1.54) is 5.01 Å². The highest BCUT2D eigenvalue weighted by atomic mass is 16.5. The molecule has 0 spiro atoms. The summed E-state index contributed by atoms with van der Waals surface area (Å²) in [6, 6.07) is 21.1. The van der Waals surface area contributed by atoms with Gasteiger partial charge in [0.15, 0.2) is 0 Å². The Balaban J connectivity index is 0.995. The van der Waals surface area contributed by atoms with Gasteiger partial charge in [-0.05, 0) is 122 Å². The summed E-state index contributed by atoms with van der Waals surface area (Å²) in [5.41, 5.74) is 12.0. The van der Waals surface area contributed by atoms with Gasteiger partial charge in [0.1, 0.15) is 30.0 Å². The molecule has 6 aliphatic rings. The van der Waals surface area contributed by atoms with Crippen LogP contribution in [0.5, 0.6) is 5.75 Å². The Hall–Kier alpha value is -6.33. The molecule has 16 heteroatoms. The number of hydrogen-bond acceptors (Lipinski definition) is 12. The number of aryl methyl sites for hydroxylation is 1. The molecule has 77 heavy (non-hydrogen) atoms. The summed E-state index contributed by atoms with van der Waals surface area (Å²) in [5.74, 6) is -1.70. The lowest BCUT2D eigenvalue weighted by Gasteiger charge is -2.41. The molecule has 3 N–H and O–H groups in total. The number of phenolic OH excluding ortho intramolecular Hbond substituents is 1. The number of phenols is 1.